The van der Waals surface area contributed by atoms with Gasteiger partial charge in [0.1, 0.15) is 5.54 Å². The van der Waals surface area contributed by atoms with Crippen LogP contribution in [0.1, 0.15) is 45.1 Å². The molecule has 0 spiro atoms. The molecule has 0 heterocycles. The number of carboxylic acids is 1. The number of hydrogen-bond donors (Lipinski definition) is 2. The summed E-state index contributed by atoms with van der Waals surface area (Å²) < 4.78 is 0. The predicted octanol–water partition coefficient (Wildman–Crippen LogP) is 4.10. The van der Waals surface area contributed by atoms with Crippen LogP contribution in [0.3, 0.4) is 0 Å². The molecule has 1 unspecified atom stereocenters. The first-order chi connectivity index (χ1) is 9.98. The lowest BCUT2D eigenvalue weighted by Gasteiger charge is -2.26. The number of thioether (sulfide) groups is 1. The van der Waals surface area contributed by atoms with E-state index in [1.807, 2.05) is 18.7 Å². The molecule has 4 heteroatoms. The van der Waals surface area contributed by atoms with Gasteiger partial charge in [-0.2, -0.15) is 0 Å². The van der Waals surface area contributed by atoms with Gasteiger partial charge in [0, 0.05) is 4.90 Å². The Balaban J connectivity index is 2.28. The van der Waals surface area contributed by atoms with Crippen LogP contribution in [-0.4, -0.2) is 28.9 Å². The van der Waals surface area contributed by atoms with Crippen LogP contribution in [0, 0.1) is 6.92 Å². The van der Waals surface area contributed by atoms with Gasteiger partial charge in [0.15, 0.2) is 0 Å². The molecule has 118 valence electrons. The van der Waals surface area contributed by atoms with Gasteiger partial charge >= 0.3 is 5.97 Å². The SMILES string of the molecule is CCCNC(C)(CCCCSc1ccc(C)cc1)C(=O)O. The van der Waals surface area contributed by atoms with E-state index in [0.29, 0.717) is 6.42 Å². The molecule has 0 aliphatic rings. The molecule has 0 aliphatic heterocycles. The lowest BCUT2D eigenvalue weighted by atomic mass is 9.95. The van der Waals surface area contributed by atoms with Crippen LogP contribution in [0.4, 0.5) is 0 Å². The number of benzene rings is 1. The minimum atomic E-state index is -0.787. The highest BCUT2D eigenvalue weighted by atomic mass is 32.2. The molecule has 0 bridgehead atoms. The lowest BCUT2D eigenvalue weighted by molar-refractivity contribution is -0.144. The van der Waals surface area contributed by atoms with E-state index < -0.39 is 11.5 Å². The fourth-order valence-electron chi connectivity index (χ4n) is 2.08. The van der Waals surface area contributed by atoms with Gasteiger partial charge < -0.3 is 10.4 Å². The van der Waals surface area contributed by atoms with Crippen LogP contribution in [0.15, 0.2) is 29.2 Å². The summed E-state index contributed by atoms with van der Waals surface area (Å²) in [7, 11) is 0. The van der Waals surface area contributed by atoms with Gasteiger partial charge in [-0.25, -0.2) is 0 Å². The summed E-state index contributed by atoms with van der Waals surface area (Å²) in [5, 5.41) is 12.5. The van der Waals surface area contributed by atoms with Crippen molar-refractivity contribution < 1.29 is 9.90 Å². The van der Waals surface area contributed by atoms with E-state index in [4.69, 9.17) is 0 Å². The lowest BCUT2D eigenvalue weighted by Crippen LogP contribution is -2.49. The maximum absolute atomic E-state index is 11.4. The van der Waals surface area contributed by atoms with Crippen molar-refractivity contribution in [3.05, 3.63) is 29.8 Å². The van der Waals surface area contributed by atoms with Crippen molar-refractivity contribution in [3.8, 4) is 0 Å². The quantitative estimate of drug-likeness (QED) is 0.504. The topological polar surface area (TPSA) is 49.3 Å². The van der Waals surface area contributed by atoms with Crippen LogP contribution in [0.25, 0.3) is 0 Å². The Kier molecular flexibility index (Phi) is 7.83. The maximum Gasteiger partial charge on any atom is 0.323 e. The standard InChI is InChI=1S/C17H27NO2S/c1-4-12-18-17(3,16(19)20)11-5-6-13-21-15-9-7-14(2)8-10-15/h7-10,18H,4-6,11-13H2,1-3H3,(H,19,20). The van der Waals surface area contributed by atoms with Crippen molar-refractivity contribution in [3.63, 3.8) is 0 Å². The predicted molar refractivity (Wildman–Crippen MR) is 90.1 cm³/mol. The number of aryl methyl sites for hydroxylation is 1. The third kappa shape index (κ3) is 6.53. The second kappa shape index (κ2) is 9.11. The van der Waals surface area contributed by atoms with E-state index in [1.165, 1.54) is 10.5 Å². The molecule has 2 N–H and O–H groups in total. The Morgan fingerprint density at radius 3 is 2.52 bits per heavy atom. The largest absolute Gasteiger partial charge is 0.480 e. The molecule has 1 atom stereocenters. The zero-order chi connectivity index (χ0) is 15.7. The minimum absolute atomic E-state index is 0.677. The first-order valence-corrected chi connectivity index (χ1v) is 8.64. The molecule has 0 aromatic heterocycles. The summed E-state index contributed by atoms with van der Waals surface area (Å²) in [4.78, 5) is 12.7. The number of aliphatic carboxylic acids is 1. The van der Waals surface area contributed by atoms with Crippen molar-refractivity contribution in [1.29, 1.82) is 0 Å². The molecule has 0 radical (unpaired) electrons. The molecule has 3 nitrogen and oxygen atoms in total. The smallest absolute Gasteiger partial charge is 0.323 e. The van der Waals surface area contributed by atoms with Gasteiger partial charge in [-0.1, -0.05) is 31.0 Å². The number of hydrogen-bond acceptors (Lipinski definition) is 3. The molecule has 0 fully saturated rings. The Labute approximate surface area is 132 Å². The maximum atomic E-state index is 11.4. The first kappa shape index (κ1) is 18.1. The molecule has 1 aromatic rings. The van der Waals surface area contributed by atoms with Gasteiger partial charge in [0.2, 0.25) is 0 Å². The third-order valence-electron chi connectivity index (χ3n) is 3.60. The van der Waals surface area contributed by atoms with Crippen LogP contribution in [-0.2, 0) is 4.79 Å². The fourth-order valence-corrected chi connectivity index (χ4v) is 2.99. The summed E-state index contributed by atoms with van der Waals surface area (Å²) in [5.74, 6) is 0.286. The van der Waals surface area contributed by atoms with Crippen LogP contribution < -0.4 is 5.32 Å². The van der Waals surface area contributed by atoms with Crippen molar-refractivity contribution >= 4 is 17.7 Å². The summed E-state index contributed by atoms with van der Waals surface area (Å²) in [6.45, 7) is 6.68. The summed E-state index contributed by atoms with van der Waals surface area (Å²) in [5.41, 5.74) is 0.489. The molecule has 1 aromatic carbocycles. The minimum Gasteiger partial charge on any atom is -0.480 e. The van der Waals surface area contributed by atoms with E-state index in [0.717, 1.165) is 31.6 Å². The fraction of sp³-hybridized carbons (Fsp3) is 0.588. The molecule has 0 saturated heterocycles. The van der Waals surface area contributed by atoms with Gasteiger partial charge in [-0.3, -0.25) is 4.79 Å². The van der Waals surface area contributed by atoms with Crippen molar-refractivity contribution in [2.75, 3.05) is 12.3 Å². The first-order valence-electron chi connectivity index (χ1n) is 7.66. The van der Waals surface area contributed by atoms with E-state index in [-0.39, 0.29) is 0 Å². The van der Waals surface area contributed by atoms with Gasteiger partial charge in [-0.15, -0.1) is 11.8 Å². The van der Waals surface area contributed by atoms with E-state index in [9.17, 15) is 9.90 Å². The normalized spacial score (nSPS) is 13.9. The number of nitrogens with one attached hydrogen (secondary N) is 1. The zero-order valence-electron chi connectivity index (χ0n) is 13.3. The summed E-state index contributed by atoms with van der Waals surface area (Å²) in [6.07, 6.45) is 3.59. The highest BCUT2D eigenvalue weighted by Crippen LogP contribution is 2.21. The molecule has 0 amide bonds. The number of unbranched alkanes of at least 4 members (excludes halogenated alkanes) is 1. The number of carboxylic acid groups (broad SMARTS) is 1. The van der Waals surface area contributed by atoms with Crippen molar-refractivity contribution in [2.45, 2.75) is 56.9 Å². The van der Waals surface area contributed by atoms with E-state index in [2.05, 4.69) is 36.5 Å². The molecule has 1 rings (SSSR count). The Hall–Kier alpha value is -1.00. The van der Waals surface area contributed by atoms with Gasteiger partial charge in [-0.05, 0) is 57.5 Å². The summed E-state index contributed by atoms with van der Waals surface area (Å²) >= 11 is 1.84. The Morgan fingerprint density at radius 2 is 1.95 bits per heavy atom. The zero-order valence-corrected chi connectivity index (χ0v) is 14.1. The van der Waals surface area contributed by atoms with Crippen LogP contribution >= 0.6 is 11.8 Å². The number of rotatable bonds is 10. The molecular weight excluding hydrogens is 282 g/mol. The molecule has 0 saturated carbocycles. The molecular formula is C17H27NO2S. The second-order valence-corrected chi connectivity index (χ2v) is 6.85. The highest BCUT2D eigenvalue weighted by molar-refractivity contribution is 7.99. The number of carbonyl (C=O) groups is 1. The van der Waals surface area contributed by atoms with Gasteiger partial charge in [0.25, 0.3) is 0 Å². The average Bonchev–Trinajstić information content (AvgIpc) is 2.46. The second-order valence-electron chi connectivity index (χ2n) is 5.68. The molecule has 0 aliphatic carbocycles. The summed E-state index contributed by atoms with van der Waals surface area (Å²) in [6, 6.07) is 8.53. The van der Waals surface area contributed by atoms with Crippen LogP contribution in [0.5, 0.6) is 0 Å². The average molecular weight is 309 g/mol. The Bertz CT molecular complexity index is 433. The van der Waals surface area contributed by atoms with Gasteiger partial charge in [0.05, 0.1) is 0 Å². The molecule has 21 heavy (non-hydrogen) atoms. The van der Waals surface area contributed by atoms with Crippen LogP contribution in [0.2, 0.25) is 0 Å². The highest BCUT2D eigenvalue weighted by Gasteiger charge is 2.31. The van der Waals surface area contributed by atoms with Crippen molar-refractivity contribution in [2.24, 2.45) is 0 Å². The Morgan fingerprint density at radius 1 is 1.29 bits per heavy atom. The monoisotopic (exact) mass is 309 g/mol. The van der Waals surface area contributed by atoms with E-state index in [1.54, 1.807) is 6.92 Å². The third-order valence-corrected chi connectivity index (χ3v) is 4.70. The van der Waals surface area contributed by atoms with Crippen molar-refractivity contribution in [1.82, 2.24) is 5.32 Å². The van der Waals surface area contributed by atoms with E-state index >= 15 is 0 Å².